The van der Waals surface area contributed by atoms with Crippen molar-refractivity contribution in [2.24, 2.45) is 0 Å². The van der Waals surface area contributed by atoms with Crippen molar-refractivity contribution in [1.29, 1.82) is 0 Å². The summed E-state index contributed by atoms with van der Waals surface area (Å²) in [7, 11) is 0. The highest BCUT2D eigenvalue weighted by Crippen LogP contribution is 2.16. The number of aromatic nitrogens is 3. The van der Waals surface area contributed by atoms with Crippen molar-refractivity contribution in [3.8, 4) is 0 Å². The van der Waals surface area contributed by atoms with Crippen molar-refractivity contribution in [2.45, 2.75) is 32.0 Å². The number of fused-ring (bicyclic) bond motifs is 1. The highest BCUT2D eigenvalue weighted by Gasteiger charge is 2.39. The second-order valence-corrected chi connectivity index (χ2v) is 6.89. The summed E-state index contributed by atoms with van der Waals surface area (Å²) < 4.78 is 1.79. The van der Waals surface area contributed by atoms with Crippen LogP contribution in [-0.4, -0.2) is 43.4 Å². The molecule has 2 N–H and O–H groups in total. The summed E-state index contributed by atoms with van der Waals surface area (Å²) in [5.41, 5.74) is 1.52. The molecule has 1 aliphatic heterocycles. The van der Waals surface area contributed by atoms with Gasteiger partial charge < -0.3 is 10.6 Å². The zero-order valence-electron chi connectivity index (χ0n) is 15.8. The van der Waals surface area contributed by atoms with E-state index in [4.69, 9.17) is 0 Å². The standard InChI is InChI=1S/C20H20N6O3/c1-13(18-24-23-16-9-5-6-10-25(16)18)21-17(27)11-15-19(28)26(20(29)22-15)12-14-7-3-2-4-8-14/h2-10,13,15H,11-12H2,1H3,(H,21,27)(H,22,29)/t13-,15+/m0/s1. The number of pyridine rings is 1. The third-order valence-electron chi connectivity index (χ3n) is 4.78. The van der Waals surface area contributed by atoms with Gasteiger partial charge in [-0.15, -0.1) is 10.2 Å². The lowest BCUT2D eigenvalue weighted by Gasteiger charge is -2.15. The van der Waals surface area contributed by atoms with E-state index in [0.29, 0.717) is 11.5 Å². The van der Waals surface area contributed by atoms with Crippen molar-refractivity contribution < 1.29 is 14.4 Å². The van der Waals surface area contributed by atoms with Crippen LogP contribution < -0.4 is 10.6 Å². The summed E-state index contributed by atoms with van der Waals surface area (Å²) in [5, 5.41) is 13.6. The Morgan fingerprint density at radius 3 is 2.69 bits per heavy atom. The van der Waals surface area contributed by atoms with Gasteiger partial charge in [0, 0.05) is 6.20 Å². The van der Waals surface area contributed by atoms with Gasteiger partial charge in [0.05, 0.1) is 19.0 Å². The topological polar surface area (TPSA) is 109 Å². The van der Waals surface area contributed by atoms with E-state index in [1.54, 1.807) is 11.3 Å². The second kappa shape index (κ2) is 7.70. The third kappa shape index (κ3) is 3.79. The van der Waals surface area contributed by atoms with Gasteiger partial charge in [-0.2, -0.15) is 0 Å². The van der Waals surface area contributed by atoms with E-state index in [2.05, 4.69) is 20.8 Å². The van der Waals surface area contributed by atoms with Crippen LogP contribution in [0.25, 0.3) is 5.65 Å². The van der Waals surface area contributed by atoms with Crippen LogP contribution in [-0.2, 0) is 16.1 Å². The molecule has 4 amide bonds. The molecule has 0 radical (unpaired) electrons. The summed E-state index contributed by atoms with van der Waals surface area (Å²) >= 11 is 0. The molecular formula is C20H20N6O3. The highest BCUT2D eigenvalue weighted by atomic mass is 16.2. The fraction of sp³-hybridized carbons (Fsp3) is 0.250. The Hall–Kier alpha value is -3.75. The average molecular weight is 392 g/mol. The smallest absolute Gasteiger partial charge is 0.325 e. The van der Waals surface area contributed by atoms with E-state index < -0.39 is 24.0 Å². The van der Waals surface area contributed by atoms with Crippen molar-refractivity contribution in [3.05, 3.63) is 66.1 Å². The van der Waals surface area contributed by atoms with Gasteiger partial charge >= 0.3 is 6.03 Å². The van der Waals surface area contributed by atoms with E-state index >= 15 is 0 Å². The van der Waals surface area contributed by atoms with Gasteiger partial charge in [-0.25, -0.2) is 4.79 Å². The molecule has 1 saturated heterocycles. The summed E-state index contributed by atoms with van der Waals surface area (Å²) in [6.45, 7) is 1.96. The molecule has 4 rings (SSSR count). The van der Waals surface area contributed by atoms with Crippen LogP contribution in [0.2, 0.25) is 0 Å². The average Bonchev–Trinajstić information content (AvgIpc) is 3.25. The Balaban J connectivity index is 1.38. The van der Waals surface area contributed by atoms with Gasteiger partial charge in [0.15, 0.2) is 11.5 Å². The van der Waals surface area contributed by atoms with E-state index in [1.165, 1.54) is 0 Å². The fourth-order valence-electron chi connectivity index (χ4n) is 3.34. The zero-order chi connectivity index (χ0) is 20.4. The number of amides is 4. The third-order valence-corrected chi connectivity index (χ3v) is 4.78. The summed E-state index contributed by atoms with van der Waals surface area (Å²) in [4.78, 5) is 38.4. The first-order chi connectivity index (χ1) is 14.0. The number of urea groups is 1. The van der Waals surface area contributed by atoms with Crippen LogP contribution >= 0.6 is 0 Å². The summed E-state index contributed by atoms with van der Waals surface area (Å²) in [6.07, 6.45) is 1.67. The predicted molar refractivity (Wildman–Crippen MR) is 103 cm³/mol. The van der Waals surface area contributed by atoms with Crippen LogP contribution in [0.5, 0.6) is 0 Å². The van der Waals surface area contributed by atoms with Crippen molar-refractivity contribution >= 4 is 23.5 Å². The van der Waals surface area contributed by atoms with E-state index in [0.717, 1.165) is 10.5 Å². The Morgan fingerprint density at radius 1 is 1.14 bits per heavy atom. The SMILES string of the molecule is C[C@H](NC(=O)C[C@H]1NC(=O)N(Cc2ccccc2)C1=O)c1nnc2ccccn12. The van der Waals surface area contributed by atoms with Gasteiger partial charge in [0.1, 0.15) is 6.04 Å². The molecule has 1 aromatic carbocycles. The maximum absolute atomic E-state index is 12.6. The lowest BCUT2D eigenvalue weighted by Crippen LogP contribution is -2.37. The van der Waals surface area contributed by atoms with Crippen LogP contribution in [0.3, 0.4) is 0 Å². The van der Waals surface area contributed by atoms with E-state index in [-0.39, 0.29) is 18.9 Å². The van der Waals surface area contributed by atoms with Gasteiger partial charge in [-0.05, 0) is 24.6 Å². The minimum atomic E-state index is -0.881. The lowest BCUT2D eigenvalue weighted by atomic mass is 10.1. The highest BCUT2D eigenvalue weighted by molar-refractivity contribution is 6.05. The zero-order valence-corrected chi connectivity index (χ0v) is 15.8. The summed E-state index contributed by atoms with van der Waals surface area (Å²) in [5.74, 6) is -0.179. The molecule has 3 aromatic rings. The number of hydrogen-bond donors (Lipinski definition) is 2. The van der Waals surface area contributed by atoms with Gasteiger partial charge in [-0.3, -0.25) is 18.9 Å². The van der Waals surface area contributed by atoms with E-state index in [1.807, 2.05) is 54.7 Å². The van der Waals surface area contributed by atoms with Crippen molar-refractivity contribution in [1.82, 2.24) is 30.1 Å². The number of carbonyl (C=O) groups excluding carboxylic acids is 3. The Labute approximate surface area is 166 Å². The Bertz CT molecular complexity index is 1060. The lowest BCUT2D eigenvalue weighted by molar-refractivity contribution is -0.131. The molecule has 0 saturated carbocycles. The molecule has 0 bridgehead atoms. The number of nitrogens with one attached hydrogen (secondary N) is 2. The maximum Gasteiger partial charge on any atom is 0.325 e. The quantitative estimate of drug-likeness (QED) is 0.617. The maximum atomic E-state index is 12.6. The molecule has 0 spiro atoms. The molecule has 29 heavy (non-hydrogen) atoms. The largest absolute Gasteiger partial charge is 0.346 e. The first-order valence-electron chi connectivity index (χ1n) is 9.28. The molecule has 1 aliphatic rings. The molecule has 2 atom stereocenters. The Morgan fingerprint density at radius 2 is 1.90 bits per heavy atom. The molecule has 0 aliphatic carbocycles. The Kier molecular flexibility index (Phi) is 4.94. The molecule has 148 valence electrons. The molecule has 0 unspecified atom stereocenters. The van der Waals surface area contributed by atoms with Crippen LogP contribution in [0.4, 0.5) is 4.79 Å². The number of nitrogens with zero attached hydrogens (tertiary/aromatic N) is 4. The monoisotopic (exact) mass is 392 g/mol. The van der Waals surface area contributed by atoms with Gasteiger partial charge in [0.2, 0.25) is 5.91 Å². The number of hydrogen-bond acceptors (Lipinski definition) is 5. The first-order valence-corrected chi connectivity index (χ1v) is 9.28. The molecule has 1 fully saturated rings. The fourth-order valence-corrected chi connectivity index (χ4v) is 3.34. The minimum Gasteiger partial charge on any atom is -0.346 e. The van der Waals surface area contributed by atoms with Crippen LogP contribution in [0, 0.1) is 0 Å². The molecule has 2 aromatic heterocycles. The number of imide groups is 1. The van der Waals surface area contributed by atoms with Crippen LogP contribution in [0.1, 0.15) is 30.8 Å². The number of rotatable bonds is 6. The van der Waals surface area contributed by atoms with Gasteiger partial charge in [-0.1, -0.05) is 36.4 Å². The van der Waals surface area contributed by atoms with Gasteiger partial charge in [0.25, 0.3) is 5.91 Å². The molecule has 9 nitrogen and oxygen atoms in total. The molecular weight excluding hydrogens is 372 g/mol. The van der Waals surface area contributed by atoms with E-state index in [9.17, 15) is 14.4 Å². The molecule has 9 heteroatoms. The van der Waals surface area contributed by atoms with Crippen LogP contribution in [0.15, 0.2) is 54.7 Å². The summed E-state index contributed by atoms with van der Waals surface area (Å²) in [6, 6.07) is 13.0. The first kappa shape index (κ1) is 18.6. The normalized spacial score (nSPS) is 17.4. The minimum absolute atomic E-state index is 0.142. The molecule has 3 heterocycles. The van der Waals surface area contributed by atoms with Crippen molar-refractivity contribution in [3.63, 3.8) is 0 Å². The van der Waals surface area contributed by atoms with Crippen molar-refractivity contribution in [2.75, 3.05) is 0 Å². The number of carbonyl (C=O) groups is 3. The second-order valence-electron chi connectivity index (χ2n) is 6.89. The predicted octanol–water partition coefficient (Wildman–Crippen LogP) is 1.42. The number of benzene rings is 1.